The van der Waals surface area contributed by atoms with E-state index in [-0.39, 0.29) is 11.8 Å². The third kappa shape index (κ3) is 5.57. The summed E-state index contributed by atoms with van der Waals surface area (Å²) >= 11 is 1.78. The number of carbonyl (C=O) groups excluding carboxylic acids is 2. The molecule has 126 valence electrons. The number of nitrogens with one attached hydrogen (secondary N) is 1. The predicted octanol–water partition coefficient (Wildman–Crippen LogP) is 2.86. The Balaban J connectivity index is 1.82. The normalized spacial score (nSPS) is 16.0. The van der Waals surface area contributed by atoms with Crippen LogP contribution in [0.1, 0.15) is 38.7 Å². The summed E-state index contributed by atoms with van der Waals surface area (Å²) in [4.78, 5) is 27.5. The Morgan fingerprint density at radius 1 is 1.17 bits per heavy atom. The lowest BCUT2D eigenvalue weighted by Crippen LogP contribution is -2.48. The van der Waals surface area contributed by atoms with Crippen LogP contribution in [0.5, 0.6) is 0 Å². The van der Waals surface area contributed by atoms with E-state index in [0.29, 0.717) is 6.42 Å². The average Bonchev–Trinajstić information content (AvgIpc) is 2.57. The summed E-state index contributed by atoms with van der Waals surface area (Å²) in [5, 5.41) is 2.83. The Morgan fingerprint density at radius 2 is 1.83 bits per heavy atom. The molecular weight excluding hydrogens is 308 g/mol. The van der Waals surface area contributed by atoms with Gasteiger partial charge in [0.2, 0.25) is 11.8 Å². The maximum atomic E-state index is 12.3. The van der Waals surface area contributed by atoms with Gasteiger partial charge in [-0.1, -0.05) is 19.1 Å². The Labute approximate surface area is 143 Å². The van der Waals surface area contributed by atoms with Crippen LogP contribution in [-0.4, -0.2) is 41.6 Å². The SMILES string of the molecule is CCSc1ccc(CC(=O)N[C@@H](C)C(=O)N2CCCCC2)cc1. The molecule has 5 heteroatoms. The van der Waals surface area contributed by atoms with Crippen molar-refractivity contribution in [3.05, 3.63) is 29.8 Å². The molecule has 0 radical (unpaired) electrons. The molecule has 4 nitrogen and oxygen atoms in total. The maximum absolute atomic E-state index is 12.3. The first-order chi connectivity index (χ1) is 11.1. The first-order valence-electron chi connectivity index (χ1n) is 8.40. The molecule has 1 aliphatic heterocycles. The third-order valence-electron chi connectivity index (χ3n) is 4.01. The van der Waals surface area contributed by atoms with Crippen LogP contribution < -0.4 is 5.32 Å². The smallest absolute Gasteiger partial charge is 0.244 e. The number of hydrogen-bond donors (Lipinski definition) is 1. The highest BCUT2D eigenvalue weighted by Crippen LogP contribution is 2.18. The van der Waals surface area contributed by atoms with Crippen molar-refractivity contribution in [3.63, 3.8) is 0 Å². The Kier molecular flexibility index (Phi) is 6.96. The van der Waals surface area contributed by atoms with Gasteiger partial charge in [0, 0.05) is 18.0 Å². The van der Waals surface area contributed by atoms with Gasteiger partial charge in [-0.25, -0.2) is 0 Å². The summed E-state index contributed by atoms with van der Waals surface area (Å²) in [7, 11) is 0. The van der Waals surface area contributed by atoms with Crippen LogP contribution in [0.4, 0.5) is 0 Å². The van der Waals surface area contributed by atoms with Gasteiger partial charge in [0.25, 0.3) is 0 Å². The van der Waals surface area contributed by atoms with Gasteiger partial charge in [0.1, 0.15) is 6.04 Å². The van der Waals surface area contributed by atoms with Gasteiger partial charge in [0.05, 0.1) is 6.42 Å². The molecule has 1 atom stereocenters. The third-order valence-corrected chi connectivity index (χ3v) is 4.91. The van der Waals surface area contributed by atoms with Gasteiger partial charge in [-0.05, 0) is 49.6 Å². The molecule has 1 saturated heterocycles. The quantitative estimate of drug-likeness (QED) is 0.814. The molecular formula is C18H26N2O2S. The van der Waals surface area contributed by atoms with Crippen LogP contribution in [0.2, 0.25) is 0 Å². The van der Waals surface area contributed by atoms with Crippen LogP contribution in [0.3, 0.4) is 0 Å². The molecule has 2 rings (SSSR count). The van der Waals surface area contributed by atoms with Gasteiger partial charge in [0.15, 0.2) is 0 Å². The van der Waals surface area contributed by atoms with E-state index < -0.39 is 6.04 Å². The summed E-state index contributed by atoms with van der Waals surface area (Å²) in [5.41, 5.74) is 0.973. The largest absolute Gasteiger partial charge is 0.344 e. The Bertz CT molecular complexity index is 524. The van der Waals surface area contributed by atoms with Gasteiger partial charge in [-0.15, -0.1) is 11.8 Å². The minimum absolute atomic E-state index is 0.0349. The topological polar surface area (TPSA) is 49.4 Å². The van der Waals surface area contributed by atoms with Crippen molar-refractivity contribution in [2.45, 2.75) is 50.5 Å². The second-order valence-electron chi connectivity index (χ2n) is 5.93. The van der Waals surface area contributed by atoms with Gasteiger partial charge in [-0.2, -0.15) is 0 Å². The fourth-order valence-electron chi connectivity index (χ4n) is 2.80. The molecule has 1 aromatic carbocycles. The van der Waals surface area contributed by atoms with Crippen LogP contribution in [0.25, 0.3) is 0 Å². The lowest BCUT2D eigenvalue weighted by molar-refractivity contribution is -0.136. The second-order valence-corrected chi connectivity index (χ2v) is 7.27. The zero-order valence-corrected chi connectivity index (χ0v) is 14.8. The fraction of sp³-hybridized carbons (Fsp3) is 0.556. The van der Waals surface area contributed by atoms with E-state index in [9.17, 15) is 9.59 Å². The number of benzene rings is 1. The van der Waals surface area contributed by atoms with Crippen LogP contribution in [-0.2, 0) is 16.0 Å². The number of carbonyl (C=O) groups is 2. The van der Waals surface area contributed by atoms with E-state index in [1.54, 1.807) is 18.7 Å². The molecule has 2 amide bonds. The maximum Gasteiger partial charge on any atom is 0.244 e. The minimum Gasteiger partial charge on any atom is -0.344 e. The van der Waals surface area contributed by atoms with Crippen LogP contribution in [0.15, 0.2) is 29.2 Å². The molecule has 1 N–H and O–H groups in total. The van der Waals surface area contributed by atoms with Gasteiger partial charge in [-0.3, -0.25) is 9.59 Å². The Hall–Kier alpha value is -1.49. The first-order valence-corrected chi connectivity index (χ1v) is 9.38. The lowest BCUT2D eigenvalue weighted by atomic mass is 10.1. The lowest BCUT2D eigenvalue weighted by Gasteiger charge is -2.29. The molecule has 0 spiro atoms. The van der Waals surface area contributed by atoms with Crippen molar-refractivity contribution in [1.82, 2.24) is 10.2 Å². The molecule has 1 heterocycles. The monoisotopic (exact) mass is 334 g/mol. The van der Waals surface area contributed by atoms with E-state index in [1.807, 2.05) is 29.2 Å². The summed E-state index contributed by atoms with van der Waals surface area (Å²) in [6, 6.07) is 7.59. The molecule has 0 aliphatic carbocycles. The molecule has 0 aromatic heterocycles. The molecule has 1 aromatic rings. The summed E-state index contributed by atoms with van der Waals surface area (Å²) < 4.78 is 0. The number of amides is 2. The van der Waals surface area contributed by atoms with Crippen molar-refractivity contribution in [3.8, 4) is 0 Å². The fourth-order valence-corrected chi connectivity index (χ4v) is 3.46. The standard InChI is InChI=1S/C18H26N2O2S/c1-3-23-16-9-7-15(8-10-16)13-17(21)19-14(2)18(22)20-11-5-4-6-12-20/h7-10,14H,3-6,11-13H2,1-2H3,(H,19,21)/t14-/m0/s1. The van der Waals surface area contributed by atoms with Crippen molar-refractivity contribution >= 4 is 23.6 Å². The van der Waals surface area contributed by atoms with E-state index in [1.165, 1.54) is 11.3 Å². The van der Waals surface area contributed by atoms with Crippen molar-refractivity contribution < 1.29 is 9.59 Å². The molecule has 0 bridgehead atoms. The summed E-state index contributed by atoms with van der Waals surface area (Å²) in [6.45, 7) is 5.52. The highest BCUT2D eigenvalue weighted by Gasteiger charge is 2.23. The van der Waals surface area contributed by atoms with Crippen LogP contribution >= 0.6 is 11.8 Å². The van der Waals surface area contributed by atoms with Crippen molar-refractivity contribution in [1.29, 1.82) is 0 Å². The molecule has 1 fully saturated rings. The van der Waals surface area contributed by atoms with Gasteiger partial charge < -0.3 is 10.2 Å². The van der Waals surface area contributed by atoms with E-state index >= 15 is 0 Å². The molecule has 23 heavy (non-hydrogen) atoms. The number of thioether (sulfide) groups is 1. The molecule has 0 saturated carbocycles. The Morgan fingerprint density at radius 3 is 2.43 bits per heavy atom. The van der Waals surface area contributed by atoms with E-state index in [0.717, 1.165) is 37.2 Å². The minimum atomic E-state index is -0.449. The highest BCUT2D eigenvalue weighted by molar-refractivity contribution is 7.99. The number of hydrogen-bond acceptors (Lipinski definition) is 3. The number of rotatable bonds is 6. The van der Waals surface area contributed by atoms with Crippen molar-refractivity contribution in [2.24, 2.45) is 0 Å². The van der Waals surface area contributed by atoms with Crippen molar-refractivity contribution in [2.75, 3.05) is 18.8 Å². The molecule has 0 unspecified atom stereocenters. The highest BCUT2D eigenvalue weighted by atomic mass is 32.2. The predicted molar refractivity (Wildman–Crippen MR) is 94.6 cm³/mol. The number of piperidine rings is 1. The van der Waals surface area contributed by atoms with E-state index in [2.05, 4.69) is 12.2 Å². The first kappa shape index (κ1) is 17.9. The second kappa shape index (κ2) is 8.96. The zero-order valence-electron chi connectivity index (χ0n) is 14.0. The number of likely N-dealkylation sites (tertiary alicyclic amines) is 1. The zero-order chi connectivity index (χ0) is 16.7. The number of nitrogens with zero attached hydrogens (tertiary/aromatic N) is 1. The average molecular weight is 334 g/mol. The summed E-state index contributed by atoms with van der Waals surface area (Å²) in [6.07, 6.45) is 3.63. The van der Waals surface area contributed by atoms with E-state index in [4.69, 9.17) is 0 Å². The van der Waals surface area contributed by atoms with Gasteiger partial charge >= 0.3 is 0 Å². The molecule has 1 aliphatic rings. The summed E-state index contributed by atoms with van der Waals surface area (Å²) in [5.74, 6) is 0.974. The van der Waals surface area contributed by atoms with Crippen LogP contribution in [0, 0.1) is 0 Å².